The summed E-state index contributed by atoms with van der Waals surface area (Å²) in [6.45, 7) is 3.65. The SMILES string of the molecule is Cc1cccc2c1CN(SC(F)(F)F)CCN2Cc1cn2ccnc2[nH]1. The molecule has 4 rings (SSSR count). The van der Waals surface area contributed by atoms with E-state index in [1.807, 2.05) is 41.9 Å². The number of aromatic nitrogens is 3. The van der Waals surface area contributed by atoms with E-state index in [0.29, 0.717) is 19.6 Å². The van der Waals surface area contributed by atoms with Gasteiger partial charge in [0.1, 0.15) is 0 Å². The van der Waals surface area contributed by atoms with Crippen LogP contribution in [0.1, 0.15) is 16.8 Å². The first-order valence-electron chi connectivity index (χ1n) is 8.24. The summed E-state index contributed by atoms with van der Waals surface area (Å²) in [7, 11) is 0. The molecule has 2 aromatic heterocycles. The minimum atomic E-state index is -4.28. The molecule has 0 aliphatic carbocycles. The highest BCUT2D eigenvalue weighted by atomic mass is 32.2. The number of rotatable bonds is 3. The van der Waals surface area contributed by atoms with Crippen molar-refractivity contribution in [2.45, 2.75) is 25.5 Å². The minimum Gasteiger partial charge on any atom is -0.364 e. The summed E-state index contributed by atoms with van der Waals surface area (Å²) in [5.74, 6) is 0.758. The fourth-order valence-corrected chi connectivity index (χ4v) is 3.99. The zero-order valence-electron chi connectivity index (χ0n) is 14.1. The summed E-state index contributed by atoms with van der Waals surface area (Å²) in [5, 5.41) is 0. The average Bonchev–Trinajstić information content (AvgIpc) is 3.08. The van der Waals surface area contributed by atoms with Crippen molar-refractivity contribution < 1.29 is 13.2 Å². The number of fused-ring (bicyclic) bond motifs is 2. The van der Waals surface area contributed by atoms with Gasteiger partial charge in [-0.25, -0.2) is 9.29 Å². The summed E-state index contributed by atoms with van der Waals surface area (Å²) >= 11 is -0.0384. The van der Waals surface area contributed by atoms with Gasteiger partial charge in [0, 0.05) is 55.9 Å². The summed E-state index contributed by atoms with van der Waals surface area (Å²) in [6.07, 6.45) is 5.54. The number of aryl methyl sites for hydroxylation is 1. The van der Waals surface area contributed by atoms with Gasteiger partial charge in [-0.2, -0.15) is 13.2 Å². The number of hydrogen-bond donors (Lipinski definition) is 1. The molecular weight excluding hydrogens is 363 g/mol. The second kappa shape index (κ2) is 6.55. The molecule has 1 N–H and O–H groups in total. The third kappa shape index (κ3) is 3.54. The van der Waals surface area contributed by atoms with Gasteiger partial charge in [-0.3, -0.25) is 4.40 Å². The van der Waals surface area contributed by atoms with Crippen LogP contribution in [0.15, 0.2) is 36.8 Å². The molecule has 26 heavy (non-hydrogen) atoms. The Labute approximate surface area is 152 Å². The van der Waals surface area contributed by atoms with Crippen LogP contribution in [0.5, 0.6) is 0 Å². The van der Waals surface area contributed by atoms with Crippen LogP contribution in [-0.2, 0) is 13.1 Å². The Kier molecular flexibility index (Phi) is 4.36. The molecule has 0 bridgehead atoms. The lowest BCUT2D eigenvalue weighted by atomic mass is 10.1. The van der Waals surface area contributed by atoms with E-state index in [2.05, 4.69) is 14.9 Å². The Bertz CT molecular complexity index is 888. The number of halogens is 3. The van der Waals surface area contributed by atoms with Crippen molar-refractivity contribution in [3.05, 3.63) is 53.6 Å². The molecule has 5 nitrogen and oxygen atoms in total. The molecule has 0 saturated carbocycles. The average molecular weight is 381 g/mol. The quantitative estimate of drug-likeness (QED) is 0.697. The lowest BCUT2D eigenvalue weighted by Crippen LogP contribution is -2.29. The van der Waals surface area contributed by atoms with Crippen molar-refractivity contribution >= 4 is 23.4 Å². The molecule has 3 heterocycles. The van der Waals surface area contributed by atoms with E-state index in [1.54, 1.807) is 6.20 Å². The Hall–Kier alpha value is -2.13. The molecule has 138 valence electrons. The first kappa shape index (κ1) is 17.3. The van der Waals surface area contributed by atoms with E-state index in [1.165, 1.54) is 4.31 Å². The maximum absolute atomic E-state index is 12.9. The van der Waals surface area contributed by atoms with Crippen LogP contribution in [0.2, 0.25) is 0 Å². The lowest BCUT2D eigenvalue weighted by molar-refractivity contribution is -0.0363. The molecule has 0 saturated heterocycles. The summed E-state index contributed by atoms with van der Waals surface area (Å²) in [5.41, 5.74) is -0.371. The molecule has 9 heteroatoms. The van der Waals surface area contributed by atoms with Gasteiger partial charge >= 0.3 is 5.51 Å². The highest BCUT2D eigenvalue weighted by Gasteiger charge is 2.34. The highest BCUT2D eigenvalue weighted by Crippen LogP contribution is 2.37. The van der Waals surface area contributed by atoms with Crippen molar-refractivity contribution in [3.8, 4) is 0 Å². The molecule has 0 unspecified atom stereocenters. The Morgan fingerprint density at radius 2 is 2.12 bits per heavy atom. The standard InChI is InChI=1S/C17H18F3N5S/c1-12-3-2-4-15-14(12)11-25(26-17(18,19)20)8-7-23(15)9-13-10-24-6-5-21-16(24)22-13/h2-6,10H,7-9,11H2,1H3,(H,21,22). The van der Waals surface area contributed by atoms with Crippen molar-refractivity contribution in [1.82, 2.24) is 18.7 Å². The van der Waals surface area contributed by atoms with E-state index < -0.39 is 5.51 Å². The number of nitrogens with zero attached hydrogens (tertiary/aromatic N) is 4. The largest absolute Gasteiger partial charge is 0.456 e. The maximum Gasteiger partial charge on any atom is 0.456 e. The molecule has 0 atom stereocenters. The molecule has 0 fully saturated rings. The van der Waals surface area contributed by atoms with Gasteiger partial charge in [-0.05, 0) is 24.1 Å². The number of benzene rings is 1. The second-order valence-corrected chi connectivity index (χ2v) is 7.49. The molecule has 3 aromatic rings. The number of nitrogens with one attached hydrogen (secondary N) is 1. The normalized spacial score (nSPS) is 16.1. The van der Waals surface area contributed by atoms with Crippen molar-refractivity contribution in [2.24, 2.45) is 0 Å². The fourth-order valence-electron chi connectivity index (χ4n) is 3.33. The van der Waals surface area contributed by atoms with Gasteiger partial charge in [-0.15, -0.1) is 0 Å². The number of hydrogen-bond acceptors (Lipinski definition) is 4. The van der Waals surface area contributed by atoms with Crippen LogP contribution in [0.3, 0.4) is 0 Å². The zero-order chi connectivity index (χ0) is 18.3. The van der Waals surface area contributed by atoms with Crippen molar-refractivity contribution in [2.75, 3.05) is 18.0 Å². The number of aromatic amines is 1. The third-order valence-corrected chi connectivity index (χ3v) is 5.29. The van der Waals surface area contributed by atoms with Crippen LogP contribution < -0.4 is 4.90 Å². The first-order chi connectivity index (χ1) is 12.4. The van der Waals surface area contributed by atoms with Crippen LogP contribution >= 0.6 is 11.9 Å². The van der Waals surface area contributed by atoms with Gasteiger partial charge in [0.15, 0.2) is 0 Å². The highest BCUT2D eigenvalue weighted by molar-refractivity contribution is 7.97. The summed E-state index contributed by atoms with van der Waals surface area (Å²) in [4.78, 5) is 9.59. The van der Waals surface area contributed by atoms with E-state index in [4.69, 9.17) is 0 Å². The third-order valence-electron chi connectivity index (χ3n) is 4.51. The first-order valence-corrected chi connectivity index (χ1v) is 9.01. The van der Waals surface area contributed by atoms with Gasteiger partial charge in [0.05, 0.1) is 12.2 Å². The maximum atomic E-state index is 12.9. The van der Waals surface area contributed by atoms with Crippen LogP contribution in [0, 0.1) is 6.92 Å². The minimum absolute atomic E-state index is 0.0384. The predicted molar refractivity (Wildman–Crippen MR) is 95.8 cm³/mol. The van der Waals surface area contributed by atoms with E-state index in [-0.39, 0.29) is 18.5 Å². The van der Waals surface area contributed by atoms with Crippen LogP contribution in [-0.4, -0.2) is 37.3 Å². The Morgan fingerprint density at radius 1 is 1.27 bits per heavy atom. The van der Waals surface area contributed by atoms with Crippen molar-refractivity contribution in [1.29, 1.82) is 0 Å². The molecule has 1 aliphatic rings. The molecule has 1 aliphatic heterocycles. The fraction of sp³-hybridized carbons (Fsp3) is 0.353. The summed E-state index contributed by atoms with van der Waals surface area (Å²) < 4.78 is 41.9. The summed E-state index contributed by atoms with van der Waals surface area (Å²) in [6, 6.07) is 5.88. The number of alkyl halides is 3. The number of anilines is 1. The predicted octanol–water partition coefficient (Wildman–Crippen LogP) is 3.96. The molecule has 0 amide bonds. The van der Waals surface area contributed by atoms with Gasteiger partial charge in [0.25, 0.3) is 0 Å². The second-order valence-electron chi connectivity index (χ2n) is 6.33. The van der Waals surface area contributed by atoms with E-state index in [9.17, 15) is 13.2 Å². The zero-order valence-corrected chi connectivity index (χ0v) is 14.9. The molecule has 0 spiro atoms. The monoisotopic (exact) mass is 381 g/mol. The van der Waals surface area contributed by atoms with Crippen LogP contribution in [0.4, 0.5) is 18.9 Å². The van der Waals surface area contributed by atoms with Crippen LogP contribution in [0.25, 0.3) is 5.78 Å². The smallest absolute Gasteiger partial charge is 0.364 e. The van der Waals surface area contributed by atoms with Crippen molar-refractivity contribution in [3.63, 3.8) is 0 Å². The van der Waals surface area contributed by atoms with Gasteiger partial charge in [0.2, 0.25) is 5.78 Å². The van der Waals surface area contributed by atoms with Gasteiger partial charge in [-0.1, -0.05) is 12.1 Å². The number of H-pyrrole nitrogens is 1. The molecule has 0 radical (unpaired) electrons. The van der Waals surface area contributed by atoms with Gasteiger partial charge < -0.3 is 9.88 Å². The molecule has 1 aromatic carbocycles. The number of imidazole rings is 2. The van der Waals surface area contributed by atoms with E-state index >= 15 is 0 Å². The Morgan fingerprint density at radius 3 is 2.88 bits per heavy atom. The van der Waals surface area contributed by atoms with E-state index in [0.717, 1.165) is 28.3 Å². The lowest BCUT2D eigenvalue weighted by Gasteiger charge is -2.24. The topological polar surface area (TPSA) is 39.6 Å². The Balaban J connectivity index is 1.63. The molecular formula is C17H18F3N5S.